The van der Waals surface area contributed by atoms with E-state index in [1.807, 2.05) is 38.1 Å². The zero-order valence-electron chi connectivity index (χ0n) is 18.7. The van der Waals surface area contributed by atoms with Gasteiger partial charge < -0.3 is 14.8 Å². The second-order valence-electron chi connectivity index (χ2n) is 6.87. The van der Waals surface area contributed by atoms with Crippen LogP contribution in [-0.2, 0) is 14.3 Å². The highest BCUT2D eigenvalue weighted by Crippen LogP contribution is 2.32. The van der Waals surface area contributed by atoms with Crippen molar-refractivity contribution in [3.63, 3.8) is 0 Å². The molecule has 2 aromatic carbocycles. The van der Waals surface area contributed by atoms with Crippen molar-refractivity contribution >= 4 is 35.2 Å². The molecular formula is C23H28N4O5. The van der Waals surface area contributed by atoms with Crippen LogP contribution in [0.5, 0.6) is 11.5 Å². The molecule has 0 saturated heterocycles. The number of aliphatic imine (C=N–C) groups is 1. The Bertz CT molecular complexity index is 966. The smallest absolute Gasteiger partial charge is 0.413 e. The van der Waals surface area contributed by atoms with E-state index in [2.05, 4.69) is 25.7 Å². The molecule has 3 amide bonds. The Labute approximate surface area is 187 Å². The van der Waals surface area contributed by atoms with Gasteiger partial charge in [0.25, 0.3) is 0 Å². The molecule has 0 fully saturated rings. The summed E-state index contributed by atoms with van der Waals surface area (Å²) in [5.41, 5.74) is 1.78. The van der Waals surface area contributed by atoms with Gasteiger partial charge in [0.15, 0.2) is 0 Å². The molecule has 0 bridgehead atoms. The van der Waals surface area contributed by atoms with Gasteiger partial charge in [-0.15, -0.1) is 0 Å². The first-order valence-electron chi connectivity index (χ1n) is 10.3. The quantitative estimate of drug-likeness (QED) is 0.436. The fourth-order valence-electron chi connectivity index (χ4n) is 2.53. The number of hydrogen-bond donors (Lipinski definition) is 3. The molecule has 2 rings (SSSR count). The number of carbonyl (C=O) groups excluding carboxylic acids is 3. The molecule has 9 heteroatoms. The summed E-state index contributed by atoms with van der Waals surface area (Å²) in [4.78, 5) is 40.0. The zero-order valence-corrected chi connectivity index (χ0v) is 18.7. The Morgan fingerprint density at radius 2 is 1.62 bits per heavy atom. The second kappa shape index (κ2) is 12.1. The highest BCUT2D eigenvalue weighted by molar-refractivity contribution is 6.05. The number of methoxy groups -OCH3 is 1. The standard InChI is InChI=1S/C23H28N4O5/c1-5-7-21(29)24-19-14-17(32-16-10-8-15(3)9-11-16)12-13-18(19)25-22(26-20(28)6-2)27-23(30)31-4/h8-14H,5-7H2,1-4H3,(H,24,29)(H2,25,26,27,28,30). The van der Waals surface area contributed by atoms with Gasteiger partial charge in [-0.1, -0.05) is 31.5 Å². The summed E-state index contributed by atoms with van der Waals surface area (Å²) >= 11 is 0. The molecule has 0 heterocycles. The van der Waals surface area contributed by atoms with Crippen molar-refractivity contribution in [3.05, 3.63) is 48.0 Å². The molecular weight excluding hydrogens is 412 g/mol. The number of nitrogens with zero attached hydrogens (tertiary/aromatic N) is 1. The molecule has 3 N–H and O–H groups in total. The predicted molar refractivity (Wildman–Crippen MR) is 122 cm³/mol. The maximum absolute atomic E-state index is 12.2. The van der Waals surface area contributed by atoms with E-state index < -0.39 is 6.09 Å². The van der Waals surface area contributed by atoms with Crippen molar-refractivity contribution in [2.75, 3.05) is 12.4 Å². The number of guanidine groups is 1. The number of aryl methyl sites for hydroxylation is 1. The lowest BCUT2D eigenvalue weighted by atomic mass is 10.2. The average molecular weight is 441 g/mol. The Hall–Kier alpha value is -3.88. The highest BCUT2D eigenvalue weighted by atomic mass is 16.5. The zero-order chi connectivity index (χ0) is 23.5. The summed E-state index contributed by atoms with van der Waals surface area (Å²) in [5, 5.41) is 7.66. The van der Waals surface area contributed by atoms with E-state index in [4.69, 9.17) is 4.74 Å². The number of carbonyl (C=O) groups is 3. The van der Waals surface area contributed by atoms with Crippen molar-refractivity contribution in [1.29, 1.82) is 0 Å². The highest BCUT2D eigenvalue weighted by Gasteiger charge is 2.13. The fraction of sp³-hybridized carbons (Fsp3) is 0.304. The molecule has 9 nitrogen and oxygen atoms in total. The van der Waals surface area contributed by atoms with Crippen molar-refractivity contribution in [1.82, 2.24) is 10.6 Å². The number of hydrogen-bond acceptors (Lipinski definition) is 6. The SMILES string of the molecule is CCCC(=O)Nc1cc(Oc2ccc(C)cc2)ccc1N=C(NC(=O)CC)NC(=O)OC. The normalized spacial score (nSPS) is 10.8. The molecule has 0 aliphatic heterocycles. The van der Waals surface area contributed by atoms with Gasteiger partial charge in [-0.25, -0.2) is 9.79 Å². The van der Waals surface area contributed by atoms with Gasteiger partial charge in [0.2, 0.25) is 17.8 Å². The summed E-state index contributed by atoms with van der Waals surface area (Å²) in [6, 6.07) is 12.5. The topological polar surface area (TPSA) is 118 Å². The van der Waals surface area contributed by atoms with Crippen LogP contribution in [0, 0.1) is 6.92 Å². The van der Waals surface area contributed by atoms with Crippen molar-refractivity contribution in [2.45, 2.75) is 40.0 Å². The molecule has 170 valence electrons. The largest absolute Gasteiger partial charge is 0.457 e. The van der Waals surface area contributed by atoms with Gasteiger partial charge in [-0.2, -0.15) is 0 Å². The monoisotopic (exact) mass is 440 g/mol. The molecule has 32 heavy (non-hydrogen) atoms. The Kier molecular flexibility index (Phi) is 9.22. The van der Waals surface area contributed by atoms with Crippen LogP contribution in [-0.4, -0.2) is 31.0 Å². The second-order valence-corrected chi connectivity index (χ2v) is 6.87. The Morgan fingerprint density at radius 3 is 2.25 bits per heavy atom. The number of benzene rings is 2. The summed E-state index contributed by atoms with van der Waals surface area (Å²) in [6.45, 7) is 5.54. The minimum absolute atomic E-state index is 0.123. The van der Waals surface area contributed by atoms with E-state index in [1.54, 1.807) is 25.1 Å². The fourth-order valence-corrected chi connectivity index (χ4v) is 2.53. The average Bonchev–Trinajstić information content (AvgIpc) is 2.77. The van der Waals surface area contributed by atoms with E-state index in [0.717, 1.165) is 5.56 Å². The van der Waals surface area contributed by atoms with Gasteiger partial charge in [-0.3, -0.25) is 20.2 Å². The third-order valence-corrected chi connectivity index (χ3v) is 4.19. The maximum Gasteiger partial charge on any atom is 0.413 e. The molecule has 0 atom stereocenters. The van der Waals surface area contributed by atoms with Crippen LogP contribution >= 0.6 is 0 Å². The number of alkyl carbamates (subject to hydrolysis) is 1. The lowest BCUT2D eigenvalue weighted by Crippen LogP contribution is -2.43. The van der Waals surface area contributed by atoms with Crippen LogP contribution in [0.4, 0.5) is 16.2 Å². The van der Waals surface area contributed by atoms with E-state index in [0.29, 0.717) is 35.7 Å². The lowest BCUT2D eigenvalue weighted by Gasteiger charge is -2.14. The van der Waals surface area contributed by atoms with Crippen LogP contribution in [0.1, 0.15) is 38.7 Å². The minimum atomic E-state index is -0.795. The third-order valence-electron chi connectivity index (χ3n) is 4.19. The molecule has 0 radical (unpaired) electrons. The molecule has 0 spiro atoms. The number of nitrogens with one attached hydrogen (secondary N) is 3. The molecule has 0 aliphatic rings. The van der Waals surface area contributed by atoms with Gasteiger partial charge in [0, 0.05) is 18.9 Å². The Morgan fingerprint density at radius 1 is 0.938 bits per heavy atom. The van der Waals surface area contributed by atoms with Crippen molar-refractivity contribution in [2.24, 2.45) is 4.99 Å². The van der Waals surface area contributed by atoms with Crippen LogP contribution < -0.4 is 20.7 Å². The van der Waals surface area contributed by atoms with E-state index >= 15 is 0 Å². The summed E-state index contributed by atoms with van der Waals surface area (Å²) in [6.07, 6.45) is 0.388. The first-order valence-corrected chi connectivity index (χ1v) is 10.3. The molecule has 0 unspecified atom stereocenters. The van der Waals surface area contributed by atoms with Crippen molar-refractivity contribution in [3.8, 4) is 11.5 Å². The first kappa shape index (κ1) is 24.4. The number of amides is 3. The Balaban J connectivity index is 2.41. The maximum atomic E-state index is 12.2. The number of anilines is 1. The summed E-state index contributed by atoms with van der Waals surface area (Å²) in [5.74, 6) is 0.454. The van der Waals surface area contributed by atoms with Crippen LogP contribution in [0.25, 0.3) is 0 Å². The van der Waals surface area contributed by atoms with E-state index in [9.17, 15) is 14.4 Å². The van der Waals surface area contributed by atoms with Gasteiger partial charge >= 0.3 is 6.09 Å². The summed E-state index contributed by atoms with van der Waals surface area (Å²) in [7, 11) is 1.20. The predicted octanol–water partition coefficient (Wildman–Crippen LogP) is 4.40. The van der Waals surface area contributed by atoms with Gasteiger partial charge in [-0.05, 0) is 37.6 Å². The van der Waals surface area contributed by atoms with Gasteiger partial charge in [0.1, 0.15) is 11.5 Å². The van der Waals surface area contributed by atoms with E-state index in [1.165, 1.54) is 7.11 Å². The first-order chi connectivity index (χ1) is 15.3. The van der Waals surface area contributed by atoms with Crippen LogP contribution in [0.15, 0.2) is 47.5 Å². The third kappa shape index (κ3) is 7.75. The minimum Gasteiger partial charge on any atom is -0.457 e. The lowest BCUT2D eigenvalue weighted by molar-refractivity contribution is -0.119. The number of rotatable bonds is 7. The number of ether oxygens (including phenoxy) is 2. The van der Waals surface area contributed by atoms with E-state index in [-0.39, 0.29) is 24.2 Å². The van der Waals surface area contributed by atoms with Crippen molar-refractivity contribution < 1.29 is 23.9 Å². The van der Waals surface area contributed by atoms with Crippen LogP contribution in [0.2, 0.25) is 0 Å². The molecule has 0 aliphatic carbocycles. The van der Waals surface area contributed by atoms with Gasteiger partial charge in [0.05, 0.1) is 18.5 Å². The summed E-state index contributed by atoms with van der Waals surface area (Å²) < 4.78 is 10.5. The molecule has 2 aromatic rings. The molecule has 0 aromatic heterocycles. The molecule has 0 saturated carbocycles. The van der Waals surface area contributed by atoms with Crippen LogP contribution in [0.3, 0.4) is 0 Å².